The zero-order valence-corrected chi connectivity index (χ0v) is 9.35. The number of ether oxygens (including phenoxy) is 1. The Morgan fingerprint density at radius 2 is 2.27 bits per heavy atom. The van der Waals surface area contributed by atoms with Crippen LogP contribution >= 0.6 is 11.6 Å². The van der Waals surface area contributed by atoms with Crippen molar-refractivity contribution >= 4 is 17.3 Å². The van der Waals surface area contributed by atoms with Crippen molar-refractivity contribution in [3.8, 4) is 11.8 Å². The Morgan fingerprint density at radius 1 is 1.53 bits per heavy atom. The minimum Gasteiger partial charge on any atom is -0.484 e. The summed E-state index contributed by atoms with van der Waals surface area (Å²) >= 11 is 5.89. The minimum atomic E-state index is -0.273. The molecular weight excluding hydrogens is 212 g/mol. The largest absolute Gasteiger partial charge is 0.484 e. The lowest BCUT2D eigenvalue weighted by Gasteiger charge is -2.33. The highest BCUT2D eigenvalue weighted by Gasteiger charge is 2.28. The average Bonchev–Trinajstić information content (AvgIpc) is 2.14. The maximum absolute atomic E-state index is 8.94. The van der Waals surface area contributed by atoms with Gasteiger partial charge in [0, 0.05) is 11.1 Å². The molecule has 4 heteroatoms. The van der Waals surface area contributed by atoms with E-state index in [-0.39, 0.29) is 5.60 Å². The predicted molar refractivity (Wildman–Crippen MR) is 59.4 cm³/mol. The molecule has 0 saturated carbocycles. The number of fused-ring (bicyclic) bond motifs is 1. The van der Waals surface area contributed by atoms with Gasteiger partial charge in [0.1, 0.15) is 17.4 Å². The molecule has 78 valence electrons. The van der Waals surface area contributed by atoms with Crippen LogP contribution in [0.15, 0.2) is 12.1 Å². The summed E-state index contributed by atoms with van der Waals surface area (Å²) in [5.41, 5.74) is 0.985. The first-order chi connectivity index (χ1) is 7.02. The fraction of sp³-hybridized carbons (Fsp3) is 0.364. The molecule has 1 aromatic rings. The molecule has 0 fully saturated rings. The highest BCUT2D eigenvalue weighted by molar-refractivity contribution is 6.31. The number of hydrogen-bond donors (Lipinski definition) is 1. The molecular formula is C11H11ClN2O. The number of hydrogen-bond acceptors (Lipinski definition) is 3. The molecule has 0 aliphatic carbocycles. The van der Waals surface area contributed by atoms with Crippen LogP contribution < -0.4 is 10.1 Å². The highest BCUT2D eigenvalue weighted by atomic mass is 35.5. The monoisotopic (exact) mass is 222 g/mol. The van der Waals surface area contributed by atoms with Crippen LogP contribution in [0.5, 0.6) is 5.75 Å². The number of nitriles is 1. The number of nitrogens with one attached hydrogen (secondary N) is 1. The fourth-order valence-corrected chi connectivity index (χ4v) is 1.78. The van der Waals surface area contributed by atoms with Gasteiger partial charge in [0.2, 0.25) is 0 Å². The molecule has 0 spiro atoms. The number of halogens is 1. The Morgan fingerprint density at radius 3 is 2.93 bits per heavy atom. The first-order valence-corrected chi connectivity index (χ1v) is 5.06. The van der Waals surface area contributed by atoms with Crippen LogP contribution in [-0.4, -0.2) is 12.1 Å². The van der Waals surface area contributed by atoms with Crippen LogP contribution in [0.4, 0.5) is 5.69 Å². The van der Waals surface area contributed by atoms with Gasteiger partial charge >= 0.3 is 0 Å². The number of anilines is 1. The molecule has 0 atom stereocenters. The minimum absolute atomic E-state index is 0.273. The summed E-state index contributed by atoms with van der Waals surface area (Å²) in [5, 5.41) is 12.7. The molecule has 1 aliphatic heterocycles. The van der Waals surface area contributed by atoms with E-state index in [1.165, 1.54) is 0 Å². The van der Waals surface area contributed by atoms with Gasteiger partial charge in [-0.25, -0.2) is 0 Å². The van der Waals surface area contributed by atoms with E-state index in [1.807, 2.05) is 13.8 Å². The molecule has 1 aliphatic rings. The van der Waals surface area contributed by atoms with E-state index in [1.54, 1.807) is 12.1 Å². The van der Waals surface area contributed by atoms with Crippen LogP contribution in [-0.2, 0) is 0 Å². The summed E-state index contributed by atoms with van der Waals surface area (Å²) in [7, 11) is 0. The van der Waals surface area contributed by atoms with Crippen LogP contribution in [0.2, 0.25) is 5.02 Å². The molecule has 2 rings (SSSR count). The SMILES string of the molecule is CC1(C)CNc2c(C#N)cc(Cl)cc2O1. The van der Waals surface area contributed by atoms with E-state index < -0.39 is 0 Å². The predicted octanol–water partition coefficient (Wildman–Crippen LogP) is 2.79. The van der Waals surface area contributed by atoms with Gasteiger partial charge in [-0.05, 0) is 19.9 Å². The van der Waals surface area contributed by atoms with Crippen molar-refractivity contribution in [2.75, 3.05) is 11.9 Å². The number of rotatable bonds is 0. The highest BCUT2D eigenvalue weighted by Crippen LogP contribution is 2.37. The van der Waals surface area contributed by atoms with Crippen molar-refractivity contribution in [1.29, 1.82) is 5.26 Å². The van der Waals surface area contributed by atoms with Gasteiger partial charge in [-0.3, -0.25) is 0 Å². The molecule has 3 nitrogen and oxygen atoms in total. The Balaban J connectivity index is 2.53. The zero-order valence-electron chi connectivity index (χ0n) is 8.60. The molecule has 0 saturated heterocycles. The third kappa shape index (κ3) is 1.86. The third-order valence-electron chi connectivity index (χ3n) is 2.26. The second-order valence-electron chi connectivity index (χ2n) is 4.15. The van der Waals surface area contributed by atoms with Gasteiger partial charge in [0.15, 0.2) is 0 Å². The van der Waals surface area contributed by atoms with Crippen molar-refractivity contribution in [1.82, 2.24) is 0 Å². The first-order valence-electron chi connectivity index (χ1n) is 4.68. The van der Waals surface area contributed by atoms with E-state index in [4.69, 9.17) is 21.6 Å². The molecule has 1 heterocycles. The van der Waals surface area contributed by atoms with Gasteiger partial charge in [-0.2, -0.15) is 5.26 Å². The summed E-state index contributed by atoms with van der Waals surface area (Å²) in [6.07, 6.45) is 0. The maximum atomic E-state index is 8.94. The van der Waals surface area contributed by atoms with Crippen LogP contribution in [0.25, 0.3) is 0 Å². The second-order valence-corrected chi connectivity index (χ2v) is 4.59. The van der Waals surface area contributed by atoms with Crippen molar-refractivity contribution in [3.63, 3.8) is 0 Å². The molecule has 15 heavy (non-hydrogen) atoms. The molecule has 1 aromatic carbocycles. The van der Waals surface area contributed by atoms with E-state index in [0.717, 1.165) is 5.69 Å². The van der Waals surface area contributed by atoms with Gasteiger partial charge < -0.3 is 10.1 Å². The zero-order chi connectivity index (χ0) is 11.1. The topological polar surface area (TPSA) is 45.0 Å². The normalized spacial score (nSPS) is 16.9. The summed E-state index contributed by atoms with van der Waals surface area (Å²) in [5.74, 6) is 0.648. The van der Waals surface area contributed by atoms with Crippen molar-refractivity contribution < 1.29 is 4.74 Å². The van der Waals surface area contributed by atoms with Crippen LogP contribution in [0.1, 0.15) is 19.4 Å². The average molecular weight is 223 g/mol. The van der Waals surface area contributed by atoms with E-state index in [9.17, 15) is 0 Å². The lowest BCUT2D eigenvalue weighted by atomic mass is 10.1. The molecule has 0 radical (unpaired) electrons. The standard InChI is InChI=1S/C11H11ClN2O/c1-11(2)6-14-10-7(5-13)3-8(12)4-9(10)15-11/h3-4,14H,6H2,1-2H3. The van der Waals surface area contributed by atoms with Gasteiger partial charge in [0.25, 0.3) is 0 Å². The summed E-state index contributed by atoms with van der Waals surface area (Å²) in [6.45, 7) is 4.64. The quantitative estimate of drug-likeness (QED) is 0.734. The van der Waals surface area contributed by atoms with Crippen molar-refractivity contribution in [2.45, 2.75) is 19.4 Å². The smallest absolute Gasteiger partial charge is 0.146 e. The number of nitrogens with zero attached hydrogens (tertiary/aromatic N) is 1. The van der Waals surface area contributed by atoms with Gasteiger partial charge in [-0.1, -0.05) is 11.6 Å². The van der Waals surface area contributed by atoms with Gasteiger partial charge in [-0.15, -0.1) is 0 Å². The second kappa shape index (κ2) is 3.32. The fourth-order valence-electron chi connectivity index (χ4n) is 1.57. The van der Waals surface area contributed by atoms with Gasteiger partial charge in [0.05, 0.1) is 17.8 Å². The van der Waals surface area contributed by atoms with Crippen molar-refractivity contribution in [3.05, 3.63) is 22.7 Å². The number of benzene rings is 1. The lowest BCUT2D eigenvalue weighted by Crippen LogP contribution is -2.40. The summed E-state index contributed by atoms with van der Waals surface area (Å²) < 4.78 is 5.74. The van der Waals surface area contributed by atoms with E-state index in [2.05, 4.69) is 11.4 Å². The first kappa shape index (κ1) is 10.1. The third-order valence-corrected chi connectivity index (χ3v) is 2.48. The maximum Gasteiger partial charge on any atom is 0.146 e. The Kier molecular flexibility index (Phi) is 2.24. The molecule has 0 aromatic heterocycles. The Labute approximate surface area is 93.6 Å². The Bertz CT molecular complexity index is 449. The summed E-state index contributed by atoms with van der Waals surface area (Å²) in [4.78, 5) is 0. The van der Waals surface area contributed by atoms with Crippen molar-refractivity contribution in [2.24, 2.45) is 0 Å². The lowest BCUT2D eigenvalue weighted by molar-refractivity contribution is 0.116. The molecule has 0 unspecified atom stereocenters. The van der Waals surface area contributed by atoms with Crippen LogP contribution in [0, 0.1) is 11.3 Å². The Hall–Kier alpha value is -1.40. The molecule has 0 amide bonds. The van der Waals surface area contributed by atoms with Crippen LogP contribution in [0.3, 0.4) is 0 Å². The summed E-state index contributed by atoms with van der Waals surface area (Å²) in [6, 6.07) is 5.46. The van der Waals surface area contributed by atoms with E-state index in [0.29, 0.717) is 22.9 Å². The van der Waals surface area contributed by atoms with E-state index >= 15 is 0 Å². The molecule has 0 bridgehead atoms. The molecule has 1 N–H and O–H groups in total.